The normalized spacial score (nSPS) is 14.3. The van der Waals surface area contributed by atoms with E-state index in [0.717, 1.165) is 0 Å². The Morgan fingerprint density at radius 3 is 2.43 bits per heavy atom. The summed E-state index contributed by atoms with van der Waals surface area (Å²) < 4.78 is 1.33. The number of halogens is 2. The molecule has 0 spiro atoms. The minimum atomic E-state index is -0.148. The van der Waals surface area contributed by atoms with Crippen LogP contribution in [0.15, 0.2) is 40.4 Å². The van der Waals surface area contributed by atoms with Crippen LogP contribution in [0, 0.1) is 0 Å². The molecular formula is C20H20Cl2N4O2. The lowest BCUT2D eigenvalue weighted by Crippen LogP contribution is -2.27. The van der Waals surface area contributed by atoms with Crippen molar-refractivity contribution in [3.8, 4) is 0 Å². The number of hydrogen-bond donors (Lipinski definition) is 1. The van der Waals surface area contributed by atoms with Crippen molar-refractivity contribution in [1.82, 2.24) is 15.2 Å². The molecule has 8 heteroatoms. The fourth-order valence-corrected chi connectivity index (χ4v) is 3.65. The Morgan fingerprint density at radius 2 is 1.86 bits per heavy atom. The zero-order valence-corrected chi connectivity index (χ0v) is 17.4. The van der Waals surface area contributed by atoms with E-state index in [1.165, 1.54) is 4.68 Å². The first-order chi connectivity index (χ1) is 13.2. The summed E-state index contributed by atoms with van der Waals surface area (Å²) in [6, 6.07) is 5.12. The lowest BCUT2D eigenvalue weighted by Gasteiger charge is -2.16. The minimum Gasteiger partial charge on any atom is -0.292 e. The van der Waals surface area contributed by atoms with Gasteiger partial charge in [-0.25, -0.2) is 4.68 Å². The average Bonchev–Trinajstić information content (AvgIpc) is 2.60. The number of rotatable bonds is 4. The number of carbonyl (C=O) groups is 1. The highest BCUT2D eigenvalue weighted by atomic mass is 35.5. The van der Waals surface area contributed by atoms with Crippen molar-refractivity contribution in [1.29, 1.82) is 0 Å². The van der Waals surface area contributed by atoms with Gasteiger partial charge in [0.05, 0.1) is 12.1 Å². The van der Waals surface area contributed by atoms with Gasteiger partial charge < -0.3 is 0 Å². The fraction of sp³-hybridized carbons (Fsp3) is 0.300. The number of nitrogens with one attached hydrogen (secondary N) is 1. The van der Waals surface area contributed by atoms with Crippen molar-refractivity contribution in [3.63, 3.8) is 0 Å². The smallest absolute Gasteiger partial charge is 0.269 e. The van der Waals surface area contributed by atoms with Crippen LogP contribution in [0.3, 0.4) is 0 Å². The Labute approximate surface area is 172 Å². The Morgan fingerprint density at radius 1 is 1.21 bits per heavy atom. The molecule has 146 valence electrons. The van der Waals surface area contributed by atoms with Crippen LogP contribution in [0.1, 0.15) is 48.6 Å². The van der Waals surface area contributed by atoms with Gasteiger partial charge in [-0.1, -0.05) is 43.6 Å². The van der Waals surface area contributed by atoms with Crippen molar-refractivity contribution in [3.05, 3.63) is 73.3 Å². The Balaban J connectivity index is 1.98. The van der Waals surface area contributed by atoms with Crippen molar-refractivity contribution in [2.24, 2.45) is 12.1 Å². The fourth-order valence-electron chi connectivity index (χ4n) is 3.02. The molecule has 0 saturated carbocycles. The molecule has 0 atom stereocenters. The van der Waals surface area contributed by atoms with Crippen LogP contribution in [0.4, 0.5) is 0 Å². The maximum Gasteiger partial charge on any atom is 0.269 e. The van der Waals surface area contributed by atoms with Gasteiger partial charge in [0.25, 0.3) is 5.56 Å². The standard InChI is InChI=1S/C20H20Cl2N4O2/c1-10(2)14-8-13(25-26(4)20(14)28)9-15-16(21)6-12(7-17(15)22)19-18(27)5-11(3)23-24-19/h6-8,10,23H,3,5,9H2,1-2,4H3. The second-order valence-electron chi connectivity index (χ2n) is 7.05. The van der Waals surface area contributed by atoms with Gasteiger partial charge >= 0.3 is 0 Å². The van der Waals surface area contributed by atoms with Crippen LogP contribution in [0.2, 0.25) is 10.0 Å². The van der Waals surface area contributed by atoms with Gasteiger partial charge in [-0.2, -0.15) is 10.2 Å². The van der Waals surface area contributed by atoms with Crippen LogP contribution in [0.5, 0.6) is 0 Å². The van der Waals surface area contributed by atoms with E-state index in [1.807, 2.05) is 13.8 Å². The molecule has 1 aromatic heterocycles. The molecule has 1 aromatic carbocycles. The Hall–Kier alpha value is -2.44. The van der Waals surface area contributed by atoms with Gasteiger partial charge in [0, 0.05) is 40.3 Å². The molecule has 0 radical (unpaired) electrons. The van der Waals surface area contributed by atoms with E-state index in [1.54, 1.807) is 25.2 Å². The maximum absolute atomic E-state index is 12.2. The third kappa shape index (κ3) is 4.03. The molecule has 3 rings (SSSR count). The summed E-state index contributed by atoms with van der Waals surface area (Å²) in [6.07, 6.45) is 0.539. The molecule has 2 heterocycles. The van der Waals surface area contributed by atoms with Crippen LogP contribution in [-0.2, 0) is 18.3 Å². The molecule has 0 fully saturated rings. The molecule has 0 bridgehead atoms. The van der Waals surface area contributed by atoms with Gasteiger partial charge in [0.2, 0.25) is 0 Å². The van der Waals surface area contributed by atoms with Crippen LogP contribution < -0.4 is 11.0 Å². The third-order valence-electron chi connectivity index (χ3n) is 4.50. The molecule has 0 saturated heterocycles. The van der Waals surface area contributed by atoms with Gasteiger partial charge in [0.15, 0.2) is 5.78 Å². The zero-order chi connectivity index (χ0) is 20.6. The molecule has 1 aliphatic rings. The second-order valence-corrected chi connectivity index (χ2v) is 7.86. The van der Waals surface area contributed by atoms with Crippen molar-refractivity contribution < 1.29 is 4.79 Å². The maximum atomic E-state index is 12.2. The van der Waals surface area contributed by atoms with E-state index >= 15 is 0 Å². The number of benzene rings is 1. The molecule has 6 nitrogen and oxygen atoms in total. The molecule has 0 amide bonds. The van der Waals surface area contributed by atoms with Crippen molar-refractivity contribution in [2.45, 2.75) is 32.6 Å². The molecule has 1 N–H and O–H groups in total. The van der Waals surface area contributed by atoms with E-state index < -0.39 is 0 Å². The van der Waals surface area contributed by atoms with Crippen LogP contribution in [0.25, 0.3) is 0 Å². The van der Waals surface area contributed by atoms with Gasteiger partial charge in [-0.3, -0.25) is 15.0 Å². The molecule has 2 aromatic rings. The lowest BCUT2D eigenvalue weighted by molar-refractivity contribution is -0.112. The SMILES string of the molecule is C=C1CC(=O)C(c2cc(Cl)c(Cc3cc(C(C)C)c(=O)n(C)n3)c(Cl)c2)=NN1. The summed E-state index contributed by atoms with van der Waals surface area (Å²) in [5, 5.41) is 9.19. The van der Waals surface area contributed by atoms with Crippen LogP contribution >= 0.6 is 23.2 Å². The number of aromatic nitrogens is 2. The topological polar surface area (TPSA) is 76.3 Å². The third-order valence-corrected chi connectivity index (χ3v) is 5.17. The summed E-state index contributed by atoms with van der Waals surface area (Å²) in [5.74, 6) is -0.0729. The Bertz CT molecular complexity index is 1050. The number of ketones is 1. The number of carbonyl (C=O) groups excluding carboxylic acids is 1. The molecule has 0 aliphatic carbocycles. The monoisotopic (exact) mass is 418 g/mol. The first-order valence-electron chi connectivity index (χ1n) is 8.77. The molecule has 0 unspecified atom stereocenters. The van der Waals surface area contributed by atoms with Crippen molar-refractivity contribution >= 4 is 34.7 Å². The number of aryl methyl sites for hydroxylation is 1. The summed E-state index contributed by atoms with van der Waals surface area (Å²) in [5.41, 5.74) is 6.01. The number of nitrogens with zero attached hydrogens (tertiary/aromatic N) is 3. The molecular weight excluding hydrogens is 399 g/mol. The Kier molecular flexibility index (Phi) is 5.72. The highest BCUT2D eigenvalue weighted by molar-refractivity contribution is 6.48. The average molecular weight is 419 g/mol. The van der Waals surface area contributed by atoms with E-state index in [2.05, 4.69) is 22.2 Å². The first-order valence-corrected chi connectivity index (χ1v) is 9.53. The van der Waals surface area contributed by atoms with Gasteiger partial charge in [-0.15, -0.1) is 0 Å². The predicted octanol–water partition coefficient (Wildman–Crippen LogP) is 3.58. The predicted molar refractivity (Wildman–Crippen MR) is 111 cm³/mol. The summed E-state index contributed by atoms with van der Waals surface area (Å²) in [6.45, 7) is 7.62. The van der Waals surface area contributed by atoms with Gasteiger partial charge in [-0.05, 0) is 29.7 Å². The quantitative estimate of drug-likeness (QED) is 0.822. The lowest BCUT2D eigenvalue weighted by atomic mass is 9.98. The largest absolute Gasteiger partial charge is 0.292 e. The van der Waals surface area contributed by atoms with E-state index in [-0.39, 0.29) is 29.4 Å². The summed E-state index contributed by atoms with van der Waals surface area (Å²) in [4.78, 5) is 24.4. The number of hydrazone groups is 1. The van der Waals surface area contributed by atoms with E-state index in [4.69, 9.17) is 23.2 Å². The highest BCUT2D eigenvalue weighted by Gasteiger charge is 2.22. The van der Waals surface area contributed by atoms with Gasteiger partial charge in [0.1, 0.15) is 5.71 Å². The molecule has 28 heavy (non-hydrogen) atoms. The minimum absolute atomic E-state index is 0.0753. The number of allylic oxidation sites excluding steroid dienone is 1. The number of Topliss-reactive ketones (excluding diaryl/α,β-unsaturated/α-hetero) is 1. The summed E-state index contributed by atoms with van der Waals surface area (Å²) in [7, 11) is 1.62. The zero-order valence-electron chi connectivity index (χ0n) is 15.8. The molecule has 1 aliphatic heterocycles. The van der Waals surface area contributed by atoms with E-state index in [9.17, 15) is 9.59 Å². The number of hydrogen-bond acceptors (Lipinski definition) is 5. The first kappa shape index (κ1) is 20.3. The van der Waals surface area contributed by atoms with Crippen LogP contribution in [-0.4, -0.2) is 21.3 Å². The van der Waals surface area contributed by atoms with E-state index in [0.29, 0.717) is 44.5 Å². The second kappa shape index (κ2) is 7.89. The van der Waals surface area contributed by atoms with Crippen molar-refractivity contribution in [2.75, 3.05) is 0 Å². The highest BCUT2D eigenvalue weighted by Crippen LogP contribution is 2.30. The summed E-state index contributed by atoms with van der Waals surface area (Å²) >= 11 is 12.9.